The highest BCUT2D eigenvalue weighted by molar-refractivity contribution is 5.79. The number of rotatable bonds is 13. The fraction of sp³-hybridized carbons (Fsp3) is 0.939. The van der Waals surface area contributed by atoms with Gasteiger partial charge in [-0.25, -0.2) is 0 Å². The molecule has 0 saturated heterocycles. The molecule has 0 aromatic rings. The van der Waals surface area contributed by atoms with Gasteiger partial charge in [0.05, 0.1) is 0 Å². The number of hydrogen-bond acceptors (Lipinski definition) is 3. The number of esters is 1. The first-order chi connectivity index (χ1) is 17.4. The maximum Gasteiger partial charge on any atom is 0.306 e. The molecule has 0 aromatic carbocycles. The summed E-state index contributed by atoms with van der Waals surface area (Å²) < 4.78 is 6.22. The molecule has 3 nitrogen and oxygen atoms in total. The van der Waals surface area contributed by atoms with Crippen molar-refractivity contribution in [3.63, 3.8) is 0 Å². The van der Waals surface area contributed by atoms with Crippen molar-refractivity contribution in [2.45, 2.75) is 162 Å². The van der Waals surface area contributed by atoms with Crippen molar-refractivity contribution in [2.75, 3.05) is 0 Å². The molecule has 0 heterocycles. The average molecular weight is 501 g/mol. The third-order valence-corrected chi connectivity index (χ3v) is 11.7. The van der Waals surface area contributed by atoms with Crippen LogP contribution >= 0.6 is 0 Å². The Hall–Kier alpha value is -0.860. The highest BCUT2D eigenvalue weighted by atomic mass is 16.5. The van der Waals surface area contributed by atoms with Crippen molar-refractivity contribution >= 4 is 11.8 Å². The molecule has 0 bridgehead atoms. The van der Waals surface area contributed by atoms with E-state index in [1.165, 1.54) is 96.3 Å². The number of fused-ring (bicyclic) bond motifs is 5. The molecule has 3 unspecified atom stereocenters. The van der Waals surface area contributed by atoms with Crippen LogP contribution in [0.25, 0.3) is 0 Å². The molecule has 4 aliphatic carbocycles. The summed E-state index contributed by atoms with van der Waals surface area (Å²) in [6.07, 6.45) is 25.2. The zero-order chi connectivity index (χ0) is 25.6. The maximum absolute atomic E-state index is 12.8. The van der Waals surface area contributed by atoms with Crippen molar-refractivity contribution in [3.8, 4) is 0 Å². The summed E-state index contributed by atoms with van der Waals surface area (Å²) in [4.78, 5) is 24.9. The zero-order valence-electron chi connectivity index (χ0n) is 24.0. The minimum absolute atomic E-state index is 0.0568. The normalized spacial score (nSPS) is 37.8. The molecule has 0 aromatic heterocycles. The van der Waals surface area contributed by atoms with Gasteiger partial charge in [-0.15, -0.1) is 0 Å². The Bertz CT molecular complexity index is 730. The summed E-state index contributed by atoms with van der Waals surface area (Å²) in [5.74, 6) is 3.42. The van der Waals surface area contributed by atoms with Crippen LogP contribution in [0.3, 0.4) is 0 Å². The molecule has 4 fully saturated rings. The van der Waals surface area contributed by atoms with E-state index in [1.54, 1.807) is 0 Å². The van der Waals surface area contributed by atoms with Crippen LogP contribution in [0, 0.1) is 34.5 Å². The standard InChI is InChI=1S/C33H56O3/c1-4-5-6-7-8-9-10-11-12-13-14-15-31(35)36-30-19-18-28-27-17-16-25-24-26(34)20-22-32(25,2)29(27)21-23-33(28,30)3/h25,27-30H,4-24H2,1-3H3/t25-,27?,28?,29?,30-,32-,33-/m0/s1. The summed E-state index contributed by atoms with van der Waals surface area (Å²) in [6, 6.07) is 0. The van der Waals surface area contributed by atoms with Gasteiger partial charge < -0.3 is 4.74 Å². The van der Waals surface area contributed by atoms with Crippen LogP contribution in [0.5, 0.6) is 0 Å². The molecule has 3 heteroatoms. The Morgan fingerprint density at radius 2 is 1.42 bits per heavy atom. The van der Waals surface area contributed by atoms with Gasteiger partial charge in [-0.05, 0) is 80.5 Å². The second kappa shape index (κ2) is 12.8. The van der Waals surface area contributed by atoms with E-state index >= 15 is 0 Å². The van der Waals surface area contributed by atoms with Gasteiger partial charge in [-0.3, -0.25) is 9.59 Å². The van der Waals surface area contributed by atoms with E-state index < -0.39 is 0 Å². The second-order valence-corrected chi connectivity index (χ2v) is 13.8. The summed E-state index contributed by atoms with van der Waals surface area (Å²) in [5, 5.41) is 0. The molecule has 36 heavy (non-hydrogen) atoms. The molecule has 4 rings (SSSR count). The SMILES string of the molecule is CCCCCCCCCCCCCC(=O)O[C@H]1CCC2C3CC[C@H]4CC(=O)CC[C@]4(C)C3CC[C@@]21C. The van der Waals surface area contributed by atoms with Crippen LogP contribution in [-0.4, -0.2) is 17.9 Å². The monoisotopic (exact) mass is 500 g/mol. The van der Waals surface area contributed by atoms with E-state index in [2.05, 4.69) is 20.8 Å². The Balaban J connectivity index is 1.16. The lowest BCUT2D eigenvalue weighted by Gasteiger charge is -2.60. The summed E-state index contributed by atoms with van der Waals surface area (Å²) in [7, 11) is 0. The smallest absolute Gasteiger partial charge is 0.306 e. The van der Waals surface area contributed by atoms with Crippen molar-refractivity contribution < 1.29 is 14.3 Å². The van der Waals surface area contributed by atoms with E-state index in [1.807, 2.05) is 0 Å². The van der Waals surface area contributed by atoms with Gasteiger partial charge in [0, 0.05) is 24.7 Å². The number of ether oxygens (including phenoxy) is 1. The van der Waals surface area contributed by atoms with Gasteiger partial charge in [0.1, 0.15) is 11.9 Å². The number of carbonyl (C=O) groups is 2. The van der Waals surface area contributed by atoms with Gasteiger partial charge in [-0.2, -0.15) is 0 Å². The minimum Gasteiger partial charge on any atom is -0.462 e. The van der Waals surface area contributed by atoms with Gasteiger partial charge in [-0.1, -0.05) is 85.0 Å². The largest absolute Gasteiger partial charge is 0.462 e. The molecule has 0 spiro atoms. The lowest BCUT2D eigenvalue weighted by Crippen LogP contribution is -2.54. The molecular formula is C33H56O3. The molecular weight excluding hydrogens is 444 g/mol. The van der Waals surface area contributed by atoms with E-state index in [0.717, 1.165) is 43.9 Å². The highest BCUT2D eigenvalue weighted by Gasteiger charge is 2.61. The molecule has 4 aliphatic rings. The van der Waals surface area contributed by atoms with Gasteiger partial charge >= 0.3 is 5.97 Å². The predicted octanol–water partition coefficient (Wildman–Crippen LogP) is 9.21. The van der Waals surface area contributed by atoms with Crippen molar-refractivity contribution in [2.24, 2.45) is 34.5 Å². The second-order valence-electron chi connectivity index (χ2n) is 13.8. The lowest BCUT2D eigenvalue weighted by molar-refractivity contribution is -0.164. The lowest BCUT2D eigenvalue weighted by atomic mass is 9.45. The van der Waals surface area contributed by atoms with Crippen LogP contribution in [0.15, 0.2) is 0 Å². The van der Waals surface area contributed by atoms with Crippen LogP contribution in [-0.2, 0) is 14.3 Å². The van der Waals surface area contributed by atoms with Gasteiger partial charge in [0.15, 0.2) is 0 Å². The first-order valence-corrected chi connectivity index (χ1v) is 16.1. The fourth-order valence-corrected chi connectivity index (χ4v) is 9.34. The Kier molecular flexibility index (Phi) is 10.0. The fourth-order valence-electron chi connectivity index (χ4n) is 9.34. The number of hydrogen-bond donors (Lipinski definition) is 0. The van der Waals surface area contributed by atoms with Crippen LogP contribution in [0.2, 0.25) is 0 Å². The first kappa shape index (κ1) is 28.2. The number of unbranched alkanes of at least 4 members (excludes halogenated alkanes) is 10. The minimum atomic E-state index is 0.0568. The summed E-state index contributed by atoms with van der Waals surface area (Å²) in [5.41, 5.74) is 0.531. The summed E-state index contributed by atoms with van der Waals surface area (Å²) in [6.45, 7) is 7.24. The Morgan fingerprint density at radius 1 is 0.778 bits per heavy atom. The molecule has 0 amide bonds. The van der Waals surface area contributed by atoms with E-state index in [9.17, 15) is 9.59 Å². The van der Waals surface area contributed by atoms with Crippen molar-refractivity contribution in [3.05, 3.63) is 0 Å². The third-order valence-electron chi connectivity index (χ3n) is 11.7. The summed E-state index contributed by atoms with van der Waals surface area (Å²) >= 11 is 0. The zero-order valence-corrected chi connectivity index (χ0v) is 24.0. The maximum atomic E-state index is 12.8. The molecule has 206 valence electrons. The molecule has 7 atom stereocenters. The Labute approximate surface area is 222 Å². The molecule has 0 N–H and O–H groups in total. The van der Waals surface area contributed by atoms with Crippen LogP contribution < -0.4 is 0 Å². The highest BCUT2D eigenvalue weighted by Crippen LogP contribution is 2.66. The number of Topliss-reactive ketones (excluding diaryl/α,β-unsaturated/α-hetero) is 1. The average Bonchev–Trinajstić information content (AvgIpc) is 3.19. The first-order valence-electron chi connectivity index (χ1n) is 16.1. The van der Waals surface area contributed by atoms with E-state index in [-0.39, 0.29) is 17.5 Å². The van der Waals surface area contributed by atoms with Crippen LogP contribution in [0.1, 0.15) is 156 Å². The predicted molar refractivity (Wildman–Crippen MR) is 148 cm³/mol. The number of ketones is 1. The van der Waals surface area contributed by atoms with E-state index in [0.29, 0.717) is 29.5 Å². The van der Waals surface area contributed by atoms with E-state index in [4.69, 9.17) is 4.74 Å². The van der Waals surface area contributed by atoms with Crippen molar-refractivity contribution in [1.29, 1.82) is 0 Å². The van der Waals surface area contributed by atoms with Gasteiger partial charge in [0.2, 0.25) is 0 Å². The quantitative estimate of drug-likeness (QED) is 0.187. The van der Waals surface area contributed by atoms with Gasteiger partial charge in [0.25, 0.3) is 0 Å². The molecule has 0 aliphatic heterocycles. The number of carbonyl (C=O) groups excluding carboxylic acids is 2. The Morgan fingerprint density at radius 3 is 2.11 bits per heavy atom. The van der Waals surface area contributed by atoms with Crippen molar-refractivity contribution in [1.82, 2.24) is 0 Å². The molecule has 4 saturated carbocycles. The topological polar surface area (TPSA) is 43.4 Å². The van der Waals surface area contributed by atoms with Crippen LogP contribution in [0.4, 0.5) is 0 Å². The molecule has 0 radical (unpaired) electrons. The third kappa shape index (κ3) is 6.23.